The van der Waals surface area contributed by atoms with Gasteiger partial charge in [-0.05, 0) is 164 Å². The molecule has 2 aliphatic rings. The van der Waals surface area contributed by atoms with Gasteiger partial charge in [-0.25, -0.2) is 0 Å². The summed E-state index contributed by atoms with van der Waals surface area (Å²) in [6.07, 6.45) is 4.45. The lowest BCUT2D eigenvalue weighted by atomic mass is 9.76. The first-order valence-corrected chi connectivity index (χ1v) is 20.7. The number of hydrogen-bond donors (Lipinski definition) is 0. The lowest BCUT2D eigenvalue weighted by Gasteiger charge is -2.31. The van der Waals surface area contributed by atoms with Crippen LogP contribution in [0.5, 0.6) is 0 Å². The normalized spacial score (nSPS) is 15.6. The summed E-state index contributed by atoms with van der Waals surface area (Å²) in [4.78, 5) is 4.87. The van der Waals surface area contributed by atoms with Gasteiger partial charge in [0.15, 0.2) is 0 Å². The fourth-order valence-corrected chi connectivity index (χ4v) is 10.4. The highest BCUT2D eigenvalue weighted by Gasteiger charge is 2.45. The van der Waals surface area contributed by atoms with E-state index in [9.17, 15) is 0 Å². The Bertz CT molecular complexity index is 2920. The lowest BCUT2D eigenvalue weighted by Crippen LogP contribution is -2.22. The number of anilines is 6. The fraction of sp³-hybridized carbons (Fsp3) is 0.127. The molecular formula is C55H45N3. The monoisotopic (exact) mass is 747 g/mol. The van der Waals surface area contributed by atoms with Crippen molar-refractivity contribution in [3.8, 4) is 5.69 Å². The van der Waals surface area contributed by atoms with E-state index in [1.54, 1.807) is 0 Å². The van der Waals surface area contributed by atoms with Crippen molar-refractivity contribution in [3.63, 3.8) is 0 Å². The highest BCUT2D eigenvalue weighted by Crippen LogP contribution is 2.55. The molecule has 0 saturated heterocycles. The van der Waals surface area contributed by atoms with Crippen molar-refractivity contribution in [2.75, 3.05) is 9.80 Å². The van der Waals surface area contributed by atoms with Crippen LogP contribution in [0.3, 0.4) is 0 Å². The van der Waals surface area contributed by atoms with Gasteiger partial charge in [0.05, 0.1) is 11.0 Å². The maximum absolute atomic E-state index is 2.54. The van der Waals surface area contributed by atoms with Crippen molar-refractivity contribution in [3.05, 3.63) is 221 Å². The van der Waals surface area contributed by atoms with Crippen LogP contribution in [0.25, 0.3) is 27.5 Å². The van der Waals surface area contributed by atoms with Gasteiger partial charge in [0, 0.05) is 56.0 Å². The number of aryl methyl sites for hydroxylation is 4. The molecule has 0 fully saturated rings. The molecule has 8 aromatic carbocycles. The summed E-state index contributed by atoms with van der Waals surface area (Å²) < 4.78 is 2.45. The molecule has 280 valence electrons. The second kappa shape index (κ2) is 13.7. The van der Waals surface area contributed by atoms with E-state index in [0.717, 1.165) is 37.1 Å². The number of aromatic nitrogens is 1. The van der Waals surface area contributed by atoms with Crippen molar-refractivity contribution in [2.45, 2.75) is 44.9 Å². The summed E-state index contributed by atoms with van der Waals surface area (Å²) in [5, 5.41) is 2.60. The zero-order valence-corrected chi connectivity index (χ0v) is 33.1. The molecule has 11 rings (SSSR count). The van der Waals surface area contributed by atoms with Gasteiger partial charge in [-0.15, -0.1) is 0 Å². The first kappa shape index (κ1) is 34.4. The van der Waals surface area contributed by atoms with E-state index in [0.29, 0.717) is 0 Å². The van der Waals surface area contributed by atoms with Crippen LogP contribution < -0.4 is 9.80 Å². The van der Waals surface area contributed by atoms with E-state index in [2.05, 4.69) is 216 Å². The minimum Gasteiger partial charge on any atom is -0.310 e. The predicted molar refractivity (Wildman–Crippen MR) is 243 cm³/mol. The standard InChI is InChI=1S/C55H45N3/c1-38-33-39(2)54-49-28-27-48(37-52(49)58(53(54)34-38)45-21-13-6-14-22-45)57(44-19-11-5-12-20-44)47-26-24-41-30-32-55(51(41)36-47)31-29-40-23-25-46(35-50(40)55)56(42-15-7-3-8-16-42)43-17-9-4-10-18-43/h3-28,33-37H,29-32H2,1-2H3/t55-/m1/s1. The molecule has 1 aromatic heterocycles. The molecule has 0 N–H and O–H groups in total. The van der Waals surface area contributed by atoms with Crippen LogP contribution in [-0.4, -0.2) is 4.57 Å². The van der Waals surface area contributed by atoms with Crippen LogP contribution in [0.15, 0.2) is 188 Å². The number of para-hydroxylation sites is 4. The van der Waals surface area contributed by atoms with E-state index >= 15 is 0 Å². The molecule has 0 radical (unpaired) electrons. The highest BCUT2D eigenvalue weighted by atomic mass is 15.1. The number of nitrogens with zero attached hydrogens (tertiary/aromatic N) is 3. The Hall–Kier alpha value is -6.84. The lowest BCUT2D eigenvalue weighted by molar-refractivity contribution is 0.507. The Balaban J connectivity index is 1.07. The zero-order valence-electron chi connectivity index (χ0n) is 33.1. The SMILES string of the molecule is Cc1cc(C)c2c3ccc(N(c4ccccc4)c4ccc5c(c4)[C@]4(CCc6ccc(N(c7ccccc7)c7ccccc7)cc64)CC5)cc3n(-c3ccccc3)c2c1. The minimum atomic E-state index is -0.0306. The summed E-state index contributed by atoms with van der Waals surface area (Å²) in [7, 11) is 0. The van der Waals surface area contributed by atoms with E-state index in [1.165, 1.54) is 83.6 Å². The Labute approximate surface area is 341 Å². The maximum atomic E-state index is 2.54. The summed E-state index contributed by atoms with van der Waals surface area (Å²) in [6, 6.07) is 69.6. The van der Waals surface area contributed by atoms with Gasteiger partial charge < -0.3 is 14.4 Å². The fourth-order valence-electron chi connectivity index (χ4n) is 10.4. The second-order valence-electron chi connectivity index (χ2n) is 16.3. The maximum Gasteiger partial charge on any atom is 0.0562 e. The Morgan fingerprint density at radius 3 is 1.43 bits per heavy atom. The molecule has 3 heteroatoms. The molecule has 9 aromatic rings. The largest absolute Gasteiger partial charge is 0.310 e. The number of benzene rings is 8. The van der Waals surface area contributed by atoms with Crippen LogP contribution in [-0.2, 0) is 18.3 Å². The predicted octanol–water partition coefficient (Wildman–Crippen LogP) is 14.5. The van der Waals surface area contributed by atoms with E-state index in [1.807, 2.05) is 0 Å². The van der Waals surface area contributed by atoms with Gasteiger partial charge in [0.1, 0.15) is 0 Å². The number of hydrogen-bond acceptors (Lipinski definition) is 2. The number of rotatable bonds is 7. The highest BCUT2D eigenvalue weighted by molar-refractivity contribution is 6.12. The summed E-state index contributed by atoms with van der Waals surface area (Å²) >= 11 is 0. The second-order valence-corrected chi connectivity index (χ2v) is 16.3. The molecule has 1 atom stereocenters. The third-order valence-electron chi connectivity index (χ3n) is 12.9. The molecule has 0 amide bonds. The molecule has 58 heavy (non-hydrogen) atoms. The van der Waals surface area contributed by atoms with Crippen molar-refractivity contribution in [1.82, 2.24) is 4.57 Å². The third kappa shape index (κ3) is 5.49. The van der Waals surface area contributed by atoms with E-state index < -0.39 is 0 Å². The Kier molecular flexibility index (Phi) is 8.11. The molecule has 2 aliphatic carbocycles. The summed E-state index contributed by atoms with van der Waals surface area (Å²) in [5.41, 5.74) is 19.2. The van der Waals surface area contributed by atoms with Gasteiger partial charge in [-0.2, -0.15) is 0 Å². The summed E-state index contributed by atoms with van der Waals surface area (Å²) in [5.74, 6) is 0. The zero-order chi connectivity index (χ0) is 38.8. The van der Waals surface area contributed by atoms with Crippen LogP contribution >= 0.6 is 0 Å². The minimum absolute atomic E-state index is 0.0306. The van der Waals surface area contributed by atoms with Crippen molar-refractivity contribution < 1.29 is 0 Å². The van der Waals surface area contributed by atoms with Crippen LogP contribution in [0, 0.1) is 13.8 Å². The molecular weight excluding hydrogens is 703 g/mol. The third-order valence-corrected chi connectivity index (χ3v) is 12.9. The van der Waals surface area contributed by atoms with Gasteiger partial charge in [-0.1, -0.05) is 97.1 Å². The van der Waals surface area contributed by atoms with Gasteiger partial charge in [-0.3, -0.25) is 0 Å². The van der Waals surface area contributed by atoms with Gasteiger partial charge in [0.25, 0.3) is 0 Å². The van der Waals surface area contributed by atoms with Crippen molar-refractivity contribution in [2.24, 2.45) is 0 Å². The van der Waals surface area contributed by atoms with E-state index in [4.69, 9.17) is 0 Å². The topological polar surface area (TPSA) is 11.4 Å². The molecule has 0 bridgehead atoms. The molecule has 0 aliphatic heterocycles. The molecule has 1 spiro atoms. The van der Waals surface area contributed by atoms with Crippen molar-refractivity contribution >= 4 is 55.9 Å². The van der Waals surface area contributed by atoms with Crippen molar-refractivity contribution in [1.29, 1.82) is 0 Å². The molecule has 0 unspecified atom stereocenters. The van der Waals surface area contributed by atoms with Crippen LogP contribution in [0.1, 0.15) is 46.2 Å². The first-order valence-electron chi connectivity index (χ1n) is 20.7. The molecule has 1 heterocycles. The summed E-state index contributed by atoms with van der Waals surface area (Å²) in [6.45, 7) is 4.45. The Morgan fingerprint density at radius 1 is 0.431 bits per heavy atom. The molecule has 3 nitrogen and oxygen atoms in total. The van der Waals surface area contributed by atoms with Crippen LogP contribution in [0.2, 0.25) is 0 Å². The van der Waals surface area contributed by atoms with Gasteiger partial charge in [0.2, 0.25) is 0 Å². The Morgan fingerprint density at radius 2 is 0.897 bits per heavy atom. The smallest absolute Gasteiger partial charge is 0.0562 e. The average molecular weight is 748 g/mol. The van der Waals surface area contributed by atoms with Gasteiger partial charge >= 0.3 is 0 Å². The van der Waals surface area contributed by atoms with E-state index in [-0.39, 0.29) is 5.41 Å². The first-order chi connectivity index (χ1) is 28.6. The molecule has 0 saturated carbocycles. The average Bonchev–Trinajstić information content (AvgIpc) is 3.93. The van der Waals surface area contributed by atoms with Crippen LogP contribution in [0.4, 0.5) is 34.1 Å². The quantitative estimate of drug-likeness (QED) is 0.161. The number of fused-ring (bicyclic) bond motifs is 7.